The third kappa shape index (κ3) is 1.70. The van der Waals surface area contributed by atoms with Gasteiger partial charge in [-0.2, -0.15) is 0 Å². The Bertz CT molecular complexity index is 385. The van der Waals surface area contributed by atoms with Gasteiger partial charge in [-0.05, 0) is 36.8 Å². The molecule has 0 aliphatic carbocycles. The lowest BCUT2D eigenvalue weighted by atomic mass is 10.1. The molecule has 0 radical (unpaired) electrons. The molecule has 0 saturated heterocycles. The minimum Gasteiger partial charge on any atom is -0.324 e. The Kier molecular flexibility index (Phi) is 2.37. The zero-order chi connectivity index (χ0) is 9.97. The molecule has 0 fully saturated rings. The number of benzene rings is 1. The molecule has 0 aliphatic rings. The zero-order valence-corrected chi connectivity index (χ0v) is 8.22. The van der Waals surface area contributed by atoms with Crippen molar-refractivity contribution in [3.8, 4) is 5.69 Å². The third-order valence-corrected chi connectivity index (χ3v) is 2.32. The highest BCUT2D eigenvalue weighted by Crippen LogP contribution is 2.13. The molecule has 2 heteroatoms. The fourth-order valence-electron chi connectivity index (χ4n) is 1.46. The molecule has 2 rings (SSSR count). The standard InChI is InChI=1S/C12H14N2/c1-10(13)11-4-6-12(7-5-11)14-8-2-3-9-14/h2-10H,13H2,1H3/t10-/m1/s1. The van der Waals surface area contributed by atoms with Crippen molar-refractivity contribution < 1.29 is 0 Å². The Morgan fingerprint density at radius 2 is 1.64 bits per heavy atom. The van der Waals surface area contributed by atoms with Gasteiger partial charge >= 0.3 is 0 Å². The maximum atomic E-state index is 5.78. The van der Waals surface area contributed by atoms with Crippen LogP contribution in [0.15, 0.2) is 48.8 Å². The summed E-state index contributed by atoms with van der Waals surface area (Å²) in [7, 11) is 0. The van der Waals surface area contributed by atoms with Crippen molar-refractivity contribution in [2.24, 2.45) is 5.73 Å². The third-order valence-electron chi connectivity index (χ3n) is 2.32. The van der Waals surface area contributed by atoms with Gasteiger partial charge in [-0.15, -0.1) is 0 Å². The van der Waals surface area contributed by atoms with Crippen LogP contribution in [0.25, 0.3) is 5.69 Å². The second-order valence-corrected chi connectivity index (χ2v) is 3.47. The molecule has 0 bridgehead atoms. The van der Waals surface area contributed by atoms with Gasteiger partial charge in [0.15, 0.2) is 0 Å². The summed E-state index contributed by atoms with van der Waals surface area (Å²) >= 11 is 0. The van der Waals surface area contributed by atoms with Gasteiger partial charge in [0.1, 0.15) is 0 Å². The average molecular weight is 186 g/mol. The predicted molar refractivity (Wildman–Crippen MR) is 58.4 cm³/mol. The largest absolute Gasteiger partial charge is 0.324 e. The number of hydrogen-bond donors (Lipinski definition) is 1. The normalized spacial score (nSPS) is 12.7. The van der Waals surface area contributed by atoms with E-state index >= 15 is 0 Å². The summed E-state index contributed by atoms with van der Waals surface area (Å²) in [6, 6.07) is 12.4. The minimum atomic E-state index is 0.105. The lowest BCUT2D eigenvalue weighted by Gasteiger charge is -2.07. The monoisotopic (exact) mass is 186 g/mol. The average Bonchev–Trinajstić information content (AvgIpc) is 2.71. The summed E-state index contributed by atoms with van der Waals surface area (Å²) in [6.45, 7) is 1.99. The predicted octanol–water partition coefficient (Wildman–Crippen LogP) is 2.50. The molecule has 1 atom stereocenters. The highest BCUT2D eigenvalue weighted by atomic mass is 14.9. The van der Waals surface area contributed by atoms with Crippen molar-refractivity contribution in [1.82, 2.24) is 4.57 Å². The van der Waals surface area contributed by atoms with Gasteiger partial charge in [0.25, 0.3) is 0 Å². The van der Waals surface area contributed by atoms with Crippen LogP contribution in [-0.2, 0) is 0 Å². The van der Waals surface area contributed by atoms with Gasteiger partial charge < -0.3 is 10.3 Å². The van der Waals surface area contributed by atoms with Crippen LogP contribution in [-0.4, -0.2) is 4.57 Å². The first-order valence-corrected chi connectivity index (χ1v) is 4.76. The summed E-state index contributed by atoms with van der Waals surface area (Å²) in [4.78, 5) is 0. The van der Waals surface area contributed by atoms with Crippen molar-refractivity contribution in [2.75, 3.05) is 0 Å². The molecule has 1 aromatic carbocycles. The van der Waals surface area contributed by atoms with Crippen LogP contribution in [0.3, 0.4) is 0 Å². The van der Waals surface area contributed by atoms with Crippen LogP contribution in [0.2, 0.25) is 0 Å². The molecular formula is C12H14N2. The SMILES string of the molecule is C[C@@H](N)c1ccc(-n2cccc2)cc1. The van der Waals surface area contributed by atoms with E-state index in [1.54, 1.807) is 0 Å². The van der Waals surface area contributed by atoms with Crippen molar-refractivity contribution in [3.63, 3.8) is 0 Å². The van der Waals surface area contributed by atoms with Crippen LogP contribution < -0.4 is 5.73 Å². The molecular weight excluding hydrogens is 172 g/mol. The first-order valence-electron chi connectivity index (χ1n) is 4.76. The lowest BCUT2D eigenvalue weighted by molar-refractivity contribution is 0.817. The molecule has 0 saturated carbocycles. The Labute approximate surface area is 84.0 Å². The zero-order valence-electron chi connectivity index (χ0n) is 8.22. The molecule has 2 nitrogen and oxygen atoms in total. The first-order chi connectivity index (χ1) is 6.77. The molecule has 0 spiro atoms. The maximum absolute atomic E-state index is 5.78. The number of nitrogens with two attached hydrogens (primary N) is 1. The second-order valence-electron chi connectivity index (χ2n) is 3.47. The highest BCUT2D eigenvalue weighted by molar-refractivity contribution is 5.35. The highest BCUT2D eigenvalue weighted by Gasteiger charge is 1.99. The van der Waals surface area contributed by atoms with Crippen LogP contribution in [0, 0.1) is 0 Å². The summed E-state index contributed by atoms with van der Waals surface area (Å²) in [5.74, 6) is 0. The van der Waals surface area contributed by atoms with Gasteiger partial charge in [0, 0.05) is 24.1 Å². The van der Waals surface area contributed by atoms with Crippen LogP contribution in [0.5, 0.6) is 0 Å². The summed E-state index contributed by atoms with van der Waals surface area (Å²) in [5.41, 5.74) is 8.11. The molecule has 2 aromatic rings. The van der Waals surface area contributed by atoms with E-state index in [2.05, 4.69) is 28.8 Å². The fraction of sp³-hybridized carbons (Fsp3) is 0.167. The van der Waals surface area contributed by atoms with Crippen molar-refractivity contribution in [3.05, 3.63) is 54.4 Å². The van der Waals surface area contributed by atoms with E-state index in [9.17, 15) is 0 Å². The van der Waals surface area contributed by atoms with E-state index in [0.717, 1.165) is 0 Å². The smallest absolute Gasteiger partial charge is 0.0449 e. The quantitative estimate of drug-likeness (QED) is 0.767. The lowest BCUT2D eigenvalue weighted by Crippen LogP contribution is -2.04. The molecule has 14 heavy (non-hydrogen) atoms. The molecule has 0 unspecified atom stereocenters. The minimum absolute atomic E-state index is 0.105. The Morgan fingerprint density at radius 3 is 2.14 bits per heavy atom. The number of hydrogen-bond acceptors (Lipinski definition) is 1. The van der Waals surface area contributed by atoms with E-state index in [4.69, 9.17) is 5.73 Å². The number of aromatic nitrogens is 1. The van der Waals surface area contributed by atoms with Gasteiger partial charge in [-0.3, -0.25) is 0 Å². The van der Waals surface area contributed by atoms with Gasteiger partial charge in [0.2, 0.25) is 0 Å². The van der Waals surface area contributed by atoms with Crippen molar-refractivity contribution >= 4 is 0 Å². The van der Waals surface area contributed by atoms with Crippen molar-refractivity contribution in [2.45, 2.75) is 13.0 Å². The Morgan fingerprint density at radius 1 is 1.07 bits per heavy atom. The number of rotatable bonds is 2. The summed E-state index contributed by atoms with van der Waals surface area (Å²) in [6.07, 6.45) is 4.06. The van der Waals surface area contributed by atoms with Crippen LogP contribution >= 0.6 is 0 Å². The Balaban J connectivity index is 2.31. The molecule has 1 aromatic heterocycles. The van der Waals surface area contributed by atoms with Gasteiger partial charge in [0.05, 0.1) is 0 Å². The van der Waals surface area contributed by atoms with E-state index in [-0.39, 0.29) is 6.04 Å². The van der Waals surface area contributed by atoms with E-state index < -0.39 is 0 Å². The Hall–Kier alpha value is -1.54. The maximum Gasteiger partial charge on any atom is 0.0449 e. The van der Waals surface area contributed by atoms with E-state index in [0.29, 0.717) is 0 Å². The molecule has 1 heterocycles. The molecule has 0 amide bonds. The molecule has 2 N–H and O–H groups in total. The summed E-state index contributed by atoms with van der Waals surface area (Å²) < 4.78 is 2.07. The van der Waals surface area contributed by atoms with Crippen LogP contribution in [0.1, 0.15) is 18.5 Å². The first kappa shape index (κ1) is 9.03. The van der Waals surface area contributed by atoms with Crippen molar-refractivity contribution in [1.29, 1.82) is 0 Å². The molecule has 0 aliphatic heterocycles. The van der Waals surface area contributed by atoms with Gasteiger partial charge in [-0.25, -0.2) is 0 Å². The van der Waals surface area contributed by atoms with Crippen LogP contribution in [0.4, 0.5) is 0 Å². The topological polar surface area (TPSA) is 30.9 Å². The van der Waals surface area contributed by atoms with E-state index in [1.807, 2.05) is 31.5 Å². The number of nitrogens with zero attached hydrogens (tertiary/aromatic N) is 1. The summed E-state index contributed by atoms with van der Waals surface area (Å²) in [5, 5.41) is 0. The second kappa shape index (κ2) is 3.68. The van der Waals surface area contributed by atoms with Gasteiger partial charge in [-0.1, -0.05) is 12.1 Å². The fourth-order valence-corrected chi connectivity index (χ4v) is 1.46. The van der Waals surface area contributed by atoms with E-state index in [1.165, 1.54) is 11.3 Å². The molecule has 72 valence electrons.